The van der Waals surface area contributed by atoms with Gasteiger partial charge >= 0.3 is 0 Å². The van der Waals surface area contributed by atoms with Crippen molar-refractivity contribution in [1.82, 2.24) is 14.6 Å². The highest BCUT2D eigenvalue weighted by Crippen LogP contribution is 2.21. The van der Waals surface area contributed by atoms with Crippen molar-refractivity contribution in [1.29, 1.82) is 0 Å². The van der Waals surface area contributed by atoms with E-state index in [1.54, 1.807) is 24.5 Å². The van der Waals surface area contributed by atoms with E-state index in [0.717, 1.165) is 12.8 Å². The molecule has 0 spiro atoms. The minimum absolute atomic E-state index is 0.170. The van der Waals surface area contributed by atoms with Gasteiger partial charge in [-0.3, -0.25) is 9.78 Å². The number of hydrogen-bond donors (Lipinski definition) is 1. The minimum Gasteiger partial charge on any atom is -0.479 e. The second kappa shape index (κ2) is 9.35. The van der Waals surface area contributed by atoms with Gasteiger partial charge < -0.3 is 10.1 Å². The van der Waals surface area contributed by atoms with E-state index < -0.39 is 10.0 Å². The molecule has 1 aliphatic heterocycles. The van der Waals surface area contributed by atoms with Crippen LogP contribution < -0.4 is 10.1 Å². The van der Waals surface area contributed by atoms with Gasteiger partial charge in [-0.2, -0.15) is 4.31 Å². The van der Waals surface area contributed by atoms with Crippen LogP contribution in [0, 0.1) is 11.8 Å². The lowest BCUT2D eigenvalue weighted by atomic mass is 10.2. The van der Waals surface area contributed by atoms with Gasteiger partial charge in [-0.05, 0) is 49.2 Å². The van der Waals surface area contributed by atoms with Crippen molar-refractivity contribution in [2.45, 2.75) is 17.7 Å². The SMILES string of the molecule is O=C(NCC#CCOc1cccnc1)c1ccc(S(=O)(=O)N2CCCC2)cc1. The molecule has 7 nitrogen and oxygen atoms in total. The second-order valence-electron chi connectivity index (χ2n) is 6.15. The topological polar surface area (TPSA) is 88.6 Å². The summed E-state index contributed by atoms with van der Waals surface area (Å²) in [5, 5.41) is 2.67. The van der Waals surface area contributed by atoms with Gasteiger partial charge in [0, 0.05) is 24.8 Å². The molecule has 1 aliphatic rings. The van der Waals surface area contributed by atoms with E-state index in [4.69, 9.17) is 4.74 Å². The highest BCUT2D eigenvalue weighted by Gasteiger charge is 2.27. The molecule has 28 heavy (non-hydrogen) atoms. The fourth-order valence-corrected chi connectivity index (χ4v) is 4.26. The van der Waals surface area contributed by atoms with Crippen molar-refractivity contribution in [2.24, 2.45) is 0 Å². The number of carbonyl (C=O) groups is 1. The molecule has 0 bridgehead atoms. The number of nitrogens with one attached hydrogen (secondary N) is 1. The van der Waals surface area contributed by atoms with Crippen LogP contribution in [-0.2, 0) is 10.0 Å². The first-order valence-corrected chi connectivity index (χ1v) is 10.4. The number of sulfonamides is 1. The lowest BCUT2D eigenvalue weighted by Crippen LogP contribution is -2.28. The van der Waals surface area contributed by atoms with Crippen molar-refractivity contribution < 1.29 is 17.9 Å². The number of aromatic nitrogens is 1. The standard InChI is InChI=1S/C20H21N3O4S/c24-20(22-12-1-4-15-27-18-6-5-11-21-16-18)17-7-9-19(10-8-17)28(25,26)23-13-2-3-14-23/h5-11,16H,2-3,12-15H2,(H,22,24). The maximum absolute atomic E-state index is 12.5. The van der Waals surface area contributed by atoms with Gasteiger partial charge in [0.15, 0.2) is 0 Å². The van der Waals surface area contributed by atoms with Gasteiger partial charge in [-0.1, -0.05) is 11.8 Å². The Morgan fingerprint density at radius 2 is 1.89 bits per heavy atom. The summed E-state index contributed by atoms with van der Waals surface area (Å²) in [5.41, 5.74) is 0.383. The molecule has 1 amide bonds. The molecule has 0 aliphatic carbocycles. The van der Waals surface area contributed by atoms with Gasteiger partial charge in [-0.15, -0.1) is 0 Å². The fraction of sp³-hybridized carbons (Fsp3) is 0.300. The summed E-state index contributed by atoms with van der Waals surface area (Å²) >= 11 is 0. The van der Waals surface area contributed by atoms with Crippen LogP contribution in [0.15, 0.2) is 53.7 Å². The van der Waals surface area contributed by atoms with Crippen LogP contribution >= 0.6 is 0 Å². The van der Waals surface area contributed by atoms with Crippen LogP contribution in [0.2, 0.25) is 0 Å². The highest BCUT2D eigenvalue weighted by molar-refractivity contribution is 7.89. The van der Waals surface area contributed by atoms with Crippen LogP contribution in [0.3, 0.4) is 0 Å². The molecule has 1 N–H and O–H groups in total. The molecule has 1 aromatic carbocycles. The van der Waals surface area contributed by atoms with E-state index in [-0.39, 0.29) is 24.0 Å². The predicted octanol–water partition coefficient (Wildman–Crippen LogP) is 1.68. The Hall–Kier alpha value is -2.89. The third kappa shape index (κ3) is 5.09. The Morgan fingerprint density at radius 3 is 2.57 bits per heavy atom. The third-order valence-electron chi connectivity index (χ3n) is 4.23. The van der Waals surface area contributed by atoms with Crippen LogP contribution in [0.25, 0.3) is 0 Å². The highest BCUT2D eigenvalue weighted by atomic mass is 32.2. The largest absolute Gasteiger partial charge is 0.479 e. The van der Waals surface area contributed by atoms with E-state index in [1.807, 2.05) is 0 Å². The first-order chi connectivity index (χ1) is 13.6. The molecule has 1 fully saturated rings. The summed E-state index contributed by atoms with van der Waals surface area (Å²) in [5.74, 6) is 5.92. The number of nitrogens with zero attached hydrogens (tertiary/aromatic N) is 2. The van der Waals surface area contributed by atoms with Crippen molar-refractivity contribution >= 4 is 15.9 Å². The van der Waals surface area contributed by atoms with Gasteiger partial charge in [0.25, 0.3) is 5.91 Å². The molecule has 1 saturated heterocycles. The number of pyridine rings is 1. The minimum atomic E-state index is -3.47. The normalized spacial score (nSPS) is 14.1. The quantitative estimate of drug-likeness (QED) is 0.747. The van der Waals surface area contributed by atoms with Gasteiger partial charge in [0.2, 0.25) is 10.0 Å². The van der Waals surface area contributed by atoms with Gasteiger partial charge in [0.05, 0.1) is 17.6 Å². The number of benzene rings is 1. The number of carbonyl (C=O) groups excluding carboxylic acids is 1. The Morgan fingerprint density at radius 1 is 1.14 bits per heavy atom. The molecule has 146 valence electrons. The molecule has 0 saturated carbocycles. The Labute approximate surface area is 164 Å². The van der Waals surface area contributed by atoms with Crippen LogP contribution in [0.5, 0.6) is 5.75 Å². The number of rotatable bonds is 6. The zero-order chi connectivity index (χ0) is 19.8. The summed E-state index contributed by atoms with van der Waals surface area (Å²) < 4.78 is 31.8. The monoisotopic (exact) mass is 399 g/mol. The van der Waals surface area contributed by atoms with E-state index in [2.05, 4.69) is 22.1 Å². The van der Waals surface area contributed by atoms with E-state index in [9.17, 15) is 13.2 Å². The van der Waals surface area contributed by atoms with Crippen molar-refractivity contribution in [3.8, 4) is 17.6 Å². The molecule has 0 radical (unpaired) electrons. The van der Waals surface area contributed by atoms with Gasteiger partial charge in [0.1, 0.15) is 12.4 Å². The fourth-order valence-electron chi connectivity index (χ4n) is 2.75. The molecule has 2 heterocycles. The third-order valence-corrected chi connectivity index (χ3v) is 6.14. The molecule has 3 rings (SSSR count). The Bertz CT molecular complexity index is 958. The lowest BCUT2D eigenvalue weighted by molar-refractivity contribution is 0.0958. The first-order valence-electron chi connectivity index (χ1n) is 8.94. The first kappa shape index (κ1) is 19.9. The van der Waals surface area contributed by atoms with Crippen LogP contribution in [0.4, 0.5) is 0 Å². The maximum Gasteiger partial charge on any atom is 0.252 e. The number of ether oxygens (including phenoxy) is 1. The maximum atomic E-state index is 12.5. The summed E-state index contributed by atoms with van der Waals surface area (Å²) in [7, 11) is -3.47. The zero-order valence-corrected chi connectivity index (χ0v) is 16.1. The van der Waals surface area contributed by atoms with E-state index in [1.165, 1.54) is 28.6 Å². The van der Waals surface area contributed by atoms with Crippen molar-refractivity contribution in [2.75, 3.05) is 26.2 Å². The Kier molecular flexibility index (Phi) is 6.63. The molecule has 1 aromatic heterocycles. The smallest absolute Gasteiger partial charge is 0.252 e. The summed E-state index contributed by atoms with van der Waals surface area (Å²) in [6, 6.07) is 9.51. The summed E-state index contributed by atoms with van der Waals surface area (Å²) in [4.78, 5) is 16.3. The average molecular weight is 399 g/mol. The van der Waals surface area contributed by atoms with E-state index in [0.29, 0.717) is 24.4 Å². The van der Waals surface area contributed by atoms with Crippen LogP contribution in [0.1, 0.15) is 23.2 Å². The molecule has 0 unspecified atom stereocenters. The summed E-state index contributed by atoms with van der Waals surface area (Å²) in [6.07, 6.45) is 5.02. The van der Waals surface area contributed by atoms with Crippen molar-refractivity contribution in [3.63, 3.8) is 0 Å². The molecular formula is C20H21N3O4S. The second-order valence-corrected chi connectivity index (χ2v) is 8.09. The molecule has 2 aromatic rings. The molecule has 0 atom stereocenters. The molecule has 8 heteroatoms. The van der Waals surface area contributed by atoms with Crippen molar-refractivity contribution in [3.05, 3.63) is 54.4 Å². The van der Waals surface area contributed by atoms with Crippen LogP contribution in [-0.4, -0.2) is 49.9 Å². The average Bonchev–Trinajstić information content (AvgIpc) is 3.27. The number of hydrogen-bond acceptors (Lipinski definition) is 5. The predicted molar refractivity (Wildman–Crippen MR) is 104 cm³/mol. The zero-order valence-electron chi connectivity index (χ0n) is 15.3. The summed E-state index contributed by atoms with van der Waals surface area (Å²) in [6.45, 7) is 1.47. The molecular weight excluding hydrogens is 378 g/mol. The Balaban J connectivity index is 1.48. The number of amides is 1. The lowest BCUT2D eigenvalue weighted by Gasteiger charge is -2.15. The van der Waals surface area contributed by atoms with E-state index >= 15 is 0 Å². The van der Waals surface area contributed by atoms with Gasteiger partial charge in [-0.25, -0.2) is 8.42 Å².